The molecule has 0 radical (unpaired) electrons. The van der Waals surface area contributed by atoms with Crippen molar-refractivity contribution in [3.05, 3.63) is 28.8 Å². The van der Waals surface area contributed by atoms with Crippen molar-refractivity contribution < 1.29 is 19.1 Å². The largest absolute Gasteiger partial charge is 0.491 e. The molecule has 31 heavy (non-hydrogen) atoms. The lowest BCUT2D eigenvalue weighted by Gasteiger charge is -2.26. The van der Waals surface area contributed by atoms with Gasteiger partial charge in [-0.05, 0) is 55.7 Å². The molecule has 1 aromatic rings. The minimum Gasteiger partial charge on any atom is -0.491 e. The molecule has 3 amide bonds. The summed E-state index contributed by atoms with van der Waals surface area (Å²) in [6.45, 7) is 5.22. The summed E-state index contributed by atoms with van der Waals surface area (Å²) in [4.78, 5) is 39.8. The molecule has 0 saturated heterocycles. The van der Waals surface area contributed by atoms with Crippen LogP contribution in [-0.4, -0.2) is 54.9 Å². The first-order chi connectivity index (χ1) is 14.8. The molecule has 1 heterocycles. The second-order valence-corrected chi connectivity index (χ2v) is 9.23. The molecule has 1 aliphatic carbocycles. The van der Waals surface area contributed by atoms with E-state index in [2.05, 4.69) is 10.6 Å². The number of ether oxygens (including phenoxy) is 1. The molecule has 0 aromatic heterocycles. The van der Waals surface area contributed by atoms with E-state index >= 15 is 0 Å². The van der Waals surface area contributed by atoms with E-state index in [4.69, 9.17) is 16.3 Å². The van der Waals surface area contributed by atoms with Gasteiger partial charge in [0.05, 0.1) is 18.2 Å². The van der Waals surface area contributed by atoms with Gasteiger partial charge in [0.25, 0.3) is 5.91 Å². The normalized spacial score (nSPS) is 21.3. The third-order valence-electron chi connectivity index (χ3n) is 5.74. The maximum atomic E-state index is 12.7. The van der Waals surface area contributed by atoms with Crippen molar-refractivity contribution in [2.24, 2.45) is 11.8 Å². The minimum atomic E-state index is -0.260. The fourth-order valence-electron chi connectivity index (χ4n) is 3.53. The number of carbonyl (C=O) groups is 3. The third-order valence-corrected chi connectivity index (χ3v) is 5.98. The van der Waals surface area contributed by atoms with Crippen LogP contribution in [0.3, 0.4) is 0 Å². The van der Waals surface area contributed by atoms with Crippen molar-refractivity contribution in [1.29, 1.82) is 0 Å². The summed E-state index contributed by atoms with van der Waals surface area (Å²) in [5.41, 5.74) is 0.373. The van der Waals surface area contributed by atoms with Gasteiger partial charge in [-0.25, -0.2) is 0 Å². The second-order valence-electron chi connectivity index (χ2n) is 8.80. The van der Waals surface area contributed by atoms with Crippen LogP contribution < -0.4 is 15.4 Å². The molecule has 1 atom stereocenters. The molecule has 1 fully saturated rings. The Morgan fingerprint density at radius 3 is 2.74 bits per heavy atom. The Kier molecular flexibility index (Phi) is 8.18. The molecule has 7 nitrogen and oxygen atoms in total. The Morgan fingerprint density at radius 2 is 2.03 bits per heavy atom. The lowest BCUT2D eigenvalue weighted by atomic mass is 10.1. The molecule has 0 unspecified atom stereocenters. The van der Waals surface area contributed by atoms with Crippen LogP contribution in [0.25, 0.3) is 0 Å². The fraction of sp³-hybridized carbons (Fsp3) is 0.609. The van der Waals surface area contributed by atoms with E-state index in [1.54, 1.807) is 23.1 Å². The van der Waals surface area contributed by atoms with Gasteiger partial charge in [0.2, 0.25) is 11.8 Å². The topological polar surface area (TPSA) is 87.7 Å². The lowest BCUT2D eigenvalue weighted by molar-refractivity contribution is -0.136. The first kappa shape index (κ1) is 23.4. The van der Waals surface area contributed by atoms with Gasteiger partial charge in [-0.2, -0.15) is 0 Å². The van der Waals surface area contributed by atoms with Crippen LogP contribution in [0.4, 0.5) is 0 Å². The van der Waals surface area contributed by atoms with Crippen LogP contribution in [0.5, 0.6) is 5.75 Å². The Bertz CT molecular complexity index is 810. The molecular weight excluding hydrogens is 418 g/mol. The predicted octanol–water partition coefficient (Wildman–Crippen LogP) is 3.01. The van der Waals surface area contributed by atoms with Crippen LogP contribution in [0.15, 0.2) is 18.2 Å². The number of halogens is 1. The van der Waals surface area contributed by atoms with Crippen molar-refractivity contribution >= 4 is 29.3 Å². The van der Waals surface area contributed by atoms with Gasteiger partial charge in [-0.1, -0.05) is 25.4 Å². The second kappa shape index (κ2) is 10.8. The van der Waals surface area contributed by atoms with Gasteiger partial charge in [0.15, 0.2) is 0 Å². The average molecular weight is 450 g/mol. The summed E-state index contributed by atoms with van der Waals surface area (Å²) in [5.74, 6) is 0.600. The molecule has 1 aliphatic heterocycles. The first-order valence-corrected chi connectivity index (χ1v) is 11.5. The molecule has 1 aromatic carbocycles. The molecule has 8 heteroatoms. The summed E-state index contributed by atoms with van der Waals surface area (Å²) in [6, 6.07) is 4.68. The molecule has 2 aliphatic rings. The van der Waals surface area contributed by atoms with Crippen LogP contribution in [-0.2, 0) is 9.59 Å². The predicted molar refractivity (Wildman–Crippen MR) is 119 cm³/mol. The van der Waals surface area contributed by atoms with E-state index in [0.29, 0.717) is 54.6 Å². The number of nitrogens with zero attached hydrogens (tertiary/aromatic N) is 1. The summed E-state index contributed by atoms with van der Waals surface area (Å²) in [6.07, 6.45) is 4.10. The smallest absolute Gasteiger partial charge is 0.255 e. The van der Waals surface area contributed by atoms with Crippen molar-refractivity contribution in [1.82, 2.24) is 15.5 Å². The van der Waals surface area contributed by atoms with E-state index in [1.165, 1.54) is 0 Å². The first-order valence-electron chi connectivity index (χ1n) is 11.1. The number of hydrogen-bond donors (Lipinski definition) is 2. The number of hydrogen-bond acceptors (Lipinski definition) is 4. The molecule has 0 bridgehead atoms. The summed E-state index contributed by atoms with van der Waals surface area (Å²) in [5, 5.41) is 6.36. The van der Waals surface area contributed by atoms with E-state index in [9.17, 15) is 14.4 Å². The Balaban J connectivity index is 1.76. The van der Waals surface area contributed by atoms with Gasteiger partial charge in [0.1, 0.15) is 12.4 Å². The van der Waals surface area contributed by atoms with Gasteiger partial charge in [-0.3, -0.25) is 14.4 Å². The maximum Gasteiger partial charge on any atom is 0.255 e. The van der Waals surface area contributed by atoms with Crippen LogP contribution in [0.1, 0.15) is 56.3 Å². The molecular formula is C23H32ClN3O4. The van der Waals surface area contributed by atoms with Crippen molar-refractivity contribution in [2.75, 3.05) is 26.2 Å². The van der Waals surface area contributed by atoms with E-state index in [0.717, 1.165) is 12.8 Å². The quantitative estimate of drug-likeness (QED) is 0.742. The fourth-order valence-corrected chi connectivity index (χ4v) is 3.70. The van der Waals surface area contributed by atoms with E-state index < -0.39 is 0 Å². The number of fused-ring (bicyclic) bond motifs is 1. The van der Waals surface area contributed by atoms with Gasteiger partial charge >= 0.3 is 0 Å². The van der Waals surface area contributed by atoms with Crippen molar-refractivity contribution in [3.63, 3.8) is 0 Å². The van der Waals surface area contributed by atoms with Crippen molar-refractivity contribution in [3.8, 4) is 5.75 Å². The van der Waals surface area contributed by atoms with Crippen LogP contribution in [0, 0.1) is 11.8 Å². The highest BCUT2D eigenvalue weighted by atomic mass is 35.5. The van der Waals surface area contributed by atoms with E-state index in [1.807, 2.05) is 13.8 Å². The highest BCUT2D eigenvalue weighted by Crippen LogP contribution is 2.33. The zero-order valence-corrected chi connectivity index (χ0v) is 19.0. The maximum absolute atomic E-state index is 12.7. The standard InChI is InChI=1S/C23H32ClN3O4/c1-15(2)19-14-31-20-8-7-17(24)12-18(20)23(30)25-9-3-4-10-27(13-21(28)26-19)22(29)11-16-5-6-16/h7-8,12,15-16,19H,3-6,9-11,13-14H2,1-2H3,(H,25,30)(H,26,28)/t19-/m0/s1. The molecule has 1 saturated carbocycles. The van der Waals surface area contributed by atoms with Gasteiger partial charge in [0, 0.05) is 24.5 Å². The highest BCUT2D eigenvalue weighted by molar-refractivity contribution is 6.31. The SMILES string of the molecule is CC(C)[C@@H]1COc2ccc(Cl)cc2C(=O)NCCCCN(C(=O)CC2CC2)CC(=O)N1. The number of carbonyl (C=O) groups excluding carboxylic acids is 3. The number of amides is 3. The summed E-state index contributed by atoms with van der Waals surface area (Å²) >= 11 is 6.09. The zero-order valence-electron chi connectivity index (χ0n) is 18.3. The Labute approximate surface area is 188 Å². The number of nitrogens with one attached hydrogen (secondary N) is 2. The highest BCUT2D eigenvalue weighted by Gasteiger charge is 2.28. The van der Waals surface area contributed by atoms with E-state index in [-0.39, 0.29) is 42.8 Å². The number of benzene rings is 1. The monoisotopic (exact) mass is 449 g/mol. The molecule has 170 valence electrons. The molecule has 2 N–H and O–H groups in total. The molecule has 0 spiro atoms. The molecule has 3 rings (SSSR count). The summed E-state index contributed by atoms with van der Waals surface area (Å²) in [7, 11) is 0. The van der Waals surface area contributed by atoms with Gasteiger partial charge in [-0.15, -0.1) is 0 Å². The zero-order chi connectivity index (χ0) is 22.4. The minimum absolute atomic E-state index is 0.0328. The summed E-state index contributed by atoms with van der Waals surface area (Å²) < 4.78 is 5.93. The third kappa shape index (κ3) is 7.13. The Hall–Kier alpha value is -2.28. The van der Waals surface area contributed by atoms with Crippen LogP contribution >= 0.6 is 11.6 Å². The Morgan fingerprint density at radius 1 is 1.26 bits per heavy atom. The van der Waals surface area contributed by atoms with Crippen molar-refractivity contribution in [2.45, 2.75) is 52.0 Å². The average Bonchev–Trinajstić information content (AvgIpc) is 3.53. The lowest BCUT2D eigenvalue weighted by Crippen LogP contribution is -2.48. The number of rotatable bonds is 3. The van der Waals surface area contributed by atoms with Gasteiger partial charge < -0.3 is 20.3 Å². The van der Waals surface area contributed by atoms with Crippen LogP contribution in [0.2, 0.25) is 5.02 Å².